The van der Waals surface area contributed by atoms with Gasteiger partial charge in [-0.2, -0.15) is 0 Å². The second-order valence-corrected chi connectivity index (χ2v) is 6.20. The second-order valence-electron chi connectivity index (χ2n) is 6.20. The van der Waals surface area contributed by atoms with E-state index >= 15 is 0 Å². The summed E-state index contributed by atoms with van der Waals surface area (Å²) in [4.78, 5) is 24.5. The van der Waals surface area contributed by atoms with Crippen LogP contribution in [0, 0.1) is 5.92 Å². The van der Waals surface area contributed by atoms with Crippen LogP contribution in [0.25, 0.3) is 0 Å². The minimum Gasteiger partial charge on any atom is -0.493 e. The van der Waals surface area contributed by atoms with Gasteiger partial charge in [0, 0.05) is 29.8 Å². The highest BCUT2D eigenvalue weighted by atomic mass is 16.5. The Labute approximate surface area is 152 Å². The molecule has 1 aliphatic heterocycles. The van der Waals surface area contributed by atoms with E-state index < -0.39 is 0 Å². The van der Waals surface area contributed by atoms with Gasteiger partial charge in [0.1, 0.15) is 0 Å². The fraction of sp³-hybridized carbons (Fsp3) is 0.300. The Bertz CT molecular complexity index is 819. The number of carbonyl (C=O) groups excluding carboxylic acids is 2. The molecular weight excluding hydrogens is 332 g/mol. The Kier molecular flexibility index (Phi) is 5.41. The molecule has 0 fully saturated rings. The summed E-state index contributed by atoms with van der Waals surface area (Å²) in [6, 6.07) is 13.0. The van der Waals surface area contributed by atoms with Crippen LogP contribution in [0.1, 0.15) is 18.4 Å². The van der Waals surface area contributed by atoms with Crippen molar-refractivity contribution in [3.8, 4) is 11.5 Å². The molecule has 1 heterocycles. The van der Waals surface area contributed by atoms with Crippen LogP contribution in [-0.4, -0.2) is 26.0 Å². The first-order valence-electron chi connectivity index (χ1n) is 8.51. The van der Waals surface area contributed by atoms with Gasteiger partial charge >= 0.3 is 0 Å². The van der Waals surface area contributed by atoms with Crippen LogP contribution < -0.4 is 20.1 Å². The van der Waals surface area contributed by atoms with Crippen LogP contribution in [0.2, 0.25) is 0 Å². The zero-order chi connectivity index (χ0) is 18.5. The third-order valence-electron chi connectivity index (χ3n) is 4.50. The number of carbonyl (C=O) groups is 2. The molecule has 6 heteroatoms. The molecular formula is C20H22N2O4. The third-order valence-corrected chi connectivity index (χ3v) is 4.50. The van der Waals surface area contributed by atoms with Gasteiger partial charge in [0.25, 0.3) is 0 Å². The Morgan fingerprint density at radius 1 is 1.15 bits per heavy atom. The summed E-state index contributed by atoms with van der Waals surface area (Å²) in [7, 11) is 3.10. The molecule has 2 amide bonds. The van der Waals surface area contributed by atoms with Crippen LogP contribution in [0.15, 0.2) is 42.5 Å². The number of ether oxygens (including phenoxy) is 2. The summed E-state index contributed by atoms with van der Waals surface area (Å²) in [6.45, 7) is 0. The van der Waals surface area contributed by atoms with E-state index in [2.05, 4.69) is 10.6 Å². The molecule has 0 saturated carbocycles. The summed E-state index contributed by atoms with van der Waals surface area (Å²) >= 11 is 0. The lowest BCUT2D eigenvalue weighted by atomic mass is 9.89. The molecule has 2 N–H and O–H groups in total. The molecule has 136 valence electrons. The number of hydrogen-bond donors (Lipinski definition) is 2. The highest BCUT2D eigenvalue weighted by molar-refractivity contribution is 5.96. The van der Waals surface area contributed by atoms with E-state index in [1.807, 2.05) is 24.3 Å². The molecule has 2 aromatic carbocycles. The molecule has 0 bridgehead atoms. The summed E-state index contributed by atoms with van der Waals surface area (Å²) in [5, 5.41) is 5.75. The van der Waals surface area contributed by atoms with E-state index in [4.69, 9.17) is 9.47 Å². The van der Waals surface area contributed by atoms with E-state index in [1.54, 1.807) is 32.4 Å². The van der Waals surface area contributed by atoms with Crippen molar-refractivity contribution in [2.75, 3.05) is 24.9 Å². The van der Waals surface area contributed by atoms with E-state index in [1.165, 1.54) is 0 Å². The van der Waals surface area contributed by atoms with Crippen LogP contribution in [-0.2, 0) is 16.0 Å². The Morgan fingerprint density at radius 3 is 2.69 bits per heavy atom. The standard InChI is InChI=1S/C20H22N2O4/c1-25-17-9-8-15(12-18(17)26-2)21-19(23)10-7-14-11-13-5-3-4-6-16(13)22-20(14)24/h3-6,8-9,12,14H,7,10-11H2,1-2H3,(H,21,23)(H,22,24). The zero-order valence-corrected chi connectivity index (χ0v) is 14.9. The summed E-state index contributed by atoms with van der Waals surface area (Å²) in [5.41, 5.74) is 2.60. The molecule has 26 heavy (non-hydrogen) atoms. The minimum absolute atomic E-state index is 0.0254. The average molecular weight is 354 g/mol. The van der Waals surface area contributed by atoms with Gasteiger partial charge in [-0.15, -0.1) is 0 Å². The topological polar surface area (TPSA) is 76.7 Å². The predicted octanol–water partition coefficient (Wildman–Crippen LogP) is 3.23. The summed E-state index contributed by atoms with van der Waals surface area (Å²) < 4.78 is 10.4. The second kappa shape index (κ2) is 7.91. The maximum atomic E-state index is 12.2. The van der Waals surface area contributed by atoms with Crippen LogP contribution in [0.4, 0.5) is 11.4 Å². The van der Waals surface area contributed by atoms with Crippen molar-refractivity contribution in [2.24, 2.45) is 5.92 Å². The maximum absolute atomic E-state index is 12.2. The van der Waals surface area contributed by atoms with Crippen LogP contribution >= 0.6 is 0 Å². The molecule has 0 aromatic heterocycles. The first-order valence-corrected chi connectivity index (χ1v) is 8.51. The predicted molar refractivity (Wildman–Crippen MR) is 99.7 cm³/mol. The fourth-order valence-corrected chi connectivity index (χ4v) is 3.09. The Morgan fingerprint density at radius 2 is 1.92 bits per heavy atom. The Balaban J connectivity index is 1.57. The van der Waals surface area contributed by atoms with Gasteiger partial charge in [0.05, 0.1) is 14.2 Å². The molecule has 1 aliphatic rings. The van der Waals surface area contributed by atoms with Crippen molar-refractivity contribution in [3.05, 3.63) is 48.0 Å². The fourth-order valence-electron chi connectivity index (χ4n) is 3.09. The SMILES string of the molecule is COc1ccc(NC(=O)CCC2Cc3ccccc3NC2=O)cc1OC. The number of rotatable bonds is 6. The monoisotopic (exact) mass is 354 g/mol. The van der Waals surface area contributed by atoms with Crippen molar-refractivity contribution < 1.29 is 19.1 Å². The Hall–Kier alpha value is -3.02. The molecule has 1 atom stereocenters. The highest BCUT2D eigenvalue weighted by Gasteiger charge is 2.26. The van der Waals surface area contributed by atoms with Gasteiger partial charge in [0.2, 0.25) is 11.8 Å². The molecule has 1 unspecified atom stereocenters. The number of nitrogens with one attached hydrogen (secondary N) is 2. The average Bonchev–Trinajstić information content (AvgIpc) is 2.66. The zero-order valence-electron chi connectivity index (χ0n) is 14.9. The first kappa shape index (κ1) is 17.8. The molecule has 0 radical (unpaired) electrons. The number of para-hydroxylation sites is 1. The van der Waals surface area contributed by atoms with Crippen molar-refractivity contribution in [3.63, 3.8) is 0 Å². The first-order chi connectivity index (χ1) is 12.6. The molecule has 2 aromatic rings. The summed E-state index contributed by atoms with van der Waals surface area (Å²) in [6.07, 6.45) is 1.43. The number of fused-ring (bicyclic) bond motifs is 1. The maximum Gasteiger partial charge on any atom is 0.227 e. The van der Waals surface area contributed by atoms with Gasteiger partial charge in [-0.05, 0) is 36.6 Å². The number of anilines is 2. The molecule has 0 spiro atoms. The van der Waals surface area contributed by atoms with Gasteiger partial charge in [0.15, 0.2) is 11.5 Å². The summed E-state index contributed by atoms with van der Waals surface area (Å²) in [5.74, 6) is 0.796. The molecule has 0 aliphatic carbocycles. The lowest BCUT2D eigenvalue weighted by Gasteiger charge is -2.24. The van der Waals surface area contributed by atoms with Gasteiger partial charge in [-0.3, -0.25) is 9.59 Å². The minimum atomic E-state index is -0.193. The third kappa shape index (κ3) is 3.96. The van der Waals surface area contributed by atoms with E-state index in [9.17, 15) is 9.59 Å². The molecule has 6 nitrogen and oxygen atoms in total. The number of methoxy groups -OCH3 is 2. The van der Waals surface area contributed by atoms with Crippen LogP contribution in [0.5, 0.6) is 11.5 Å². The smallest absolute Gasteiger partial charge is 0.227 e. The normalized spacial score (nSPS) is 15.6. The van der Waals surface area contributed by atoms with E-state index in [0.29, 0.717) is 30.0 Å². The lowest BCUT2D eigenvalue weighted by molar-refractivity contribution is -0.121. The van der Waals surface area contributed by atoms with Crippen molar-refractivity contribution in [2.45, 2.75) is 19.3 Å². The lowest BCUT2D eigenvalue weighted by Crippen LogP contribution is -2.30. The van der Waals surface area contributed by atoms with E-state index in [0.717, 1.165) is 11.3 Å². The number of amides is 2. The van der Waals surface area contributed by atoms with Gasteiger partial charge in [-0.25, -0.2) is 0 Å². The molecule has 3 rings (SSSR count). The quantitative estimate of drug-likeness (QED) is 0.835. The van der Waals surface area contributed by atoms with Crippen molar-refractivity contribution in [1.82, 2.24) is 0 Å². The molecule has 0 saturated heterocycles. The number of benzene rings is 2. The van der Waals surface area contributed by atoms with Gasteiger partial charge < -0.3 is 20.1 Å². The highest BCUT2D eigenvalue weighted by Crippen LogP contribution is 2.30. The van der Waals surface area contributed by atoms with Crippen LogP contribution in [0.3, 0.4) is 0 Å². The van der Waals surface area contributed by atoms with Crippen molar-refractivity contribution in [1.29, 1.82) is 0 Å². The van der Waals surface area contributed by atoms with E-state index in [-0.39, 0.29) is 24.2 Å². The van der Waals surface area contributed by atoms with Crippen molar-refractivity contribution >= 4 is 23.2 Å². The van der Waals surface area contributed by atoms with Gasteiger partial charge in [-0.1, -0.05) is 18.2 Å². The largest absolute Gasteiger partial charge is 0.493 e. The number of hydrogen-bond acceptors (Lipinski definition) is 4.